The molecule has 0 bridgehead atoms. The summed E-state index contributed by atoms with van der Waals surface area (Å²) in [6.45, 7) is 4.58. The first-order valence-corrected chi connectivity index (χ1v) is 6.54. The van der Waals surface area contributed by atoms with Crippen LogP contribution in [0.15, 0.2) is 12.4 Å². The smallest absolute Gasteiger partial charge is 0.239 e. The Balaban J connectivity index is 1.91. The summed E-state index contributed by atoms with van der Waals surface area (Å²) in [5.74, 6) is 0.249. The second-order valence-electron chi connectivity index (χ2n) is 5.15. The Morgan fingerprint density at radius 3 is 2.72 bits per heavy atom. The minimum atomic E-state index is -0.0664. The molecule has 1 aliphatic rings. The Bertz CT molecular complexity index is 409. The average Bonchev–Trinajstić information content (AvgIpc) is 2.98. The van der Waals surface area contributed by atoms with Crippen LogP contribution in [-0.4, -0.2) is 51.7 Å². The first kappa shape index (κ1) is 13.1. The Morgan fingerprint density at radius 2 is 2.17 bits per heavy atom. The van der Waals surface area contributed by atoms with E-state index in [-0.39, 0.29) is 11.9 Å². The lowest BCUT2D eigenvalue weighted by molar-refractivity contribution is -0.135. The van der Waals surface area contributed by atoms with Gasteiger partial charge in [0.2, 0.25) is 5.91 Å². The van der Waals surface area contributed by atoms with Gasteiger partial charge in [0.1, 0.15) is 0 Å². The summed E-state index contributed by atoms with van der Waals surface area (Å²) < 4.78 is 1.79. The van der Waals surface area contributed by atoms with E-state index in [1.54, 1.807) is 4.68 Å². The predicted molar refractivity (Wildman–Crippen MR) is 70.0 cm³/mol. The largest absolute Gasteiger partial charge is 0.341 e. The summed E-state index contributed by atoms with van der Waals surface area (Å²) in [5, 5.41) is 4.15. The molecule has 0 N–H and O–H groups in total. The number of likely N-dealkylation sites (N-methyl/N-ethyl adjacent to an activating group) is 1. The molecule has 1 fully saturated rings. The van der Waals surface area contributed by atoms with Crippen LogP contribution in [-0.2, 0) is 18.4 Å². The van der Waals surface area contributed by atoms with Gasteiger partial charge in [-0.1, -0.05) is 0 Å². The highest BCUT2D eigenvalue weighted by molar-refractivity contribution is 5.81. The molecule has 0 aliphatic carbocycles. The highest BCUT2D eigenvalue weighted by atomic mass is 16.2. The highest BCUT2D eigenvalue weighted by Gasteiger charge is 2.25. The fraction of sp³-hybridized carbons (Fsp3) is 0.692. The zero-order valence-electron chi connectivity index (χ0n) is 11.5. The number of likely N-dealkylation sites (tertiary alicyclic amines) is 1. The van der Waals surface area contributed by atoms with E-state index < -0.39 is 0 Å². The van der Waals surface area contributed by atoms with Gasteiger partial charge in [0.15, 0.2) is 0 Å². The lowest BCUT2D eigenvalue weighted by Gasteiger charge is -2.27. The molecule has 1 aliphatic heterocycles. The van der Waals surface area contributed by atoms with Crippen LogP contribution in [0, 0.1) is 0 Å². The van der Waals surface area contributed by atoms with Crippen LogP contribution in [0.3, 0.4) is 0 Å². The van der Waals surface area contributed by atoms with Crippen molar-refractivity contribution in [2.24, 2.45) is 7.05 Å². The SMILES string of the molecule is CC(C(=O)N1CCCC1)N(C)Cc1cnn(C)c1. The van der Waals surface area contributed by atoms with Crippen LogP contribution in [0.2, 0.25) is 0 Å². The molecule has 1 aromatic heterocycles. The molecule has 2 heterocycles. The second-order valence-corrected chi connectivity index (χ2v) is 5.15. The molecule has 5 heteroatoms. The quantitative estimate of drug-likeness (QED) is 0.796. The molecule has 1 atom stereocenters. The summed E-state index contributed by atoms with van der Waals surface area (Å²) in [6.07, 6.45) is 6.13. The van der Waals surface area contributed by atoms with E-state index in [9.17, 15) is 4.79 Å². The van der Waals surface area contributed by atoms with Crippen molar-refractivity contribution in [2.75, 3.05) is 20.1 Å². The van der Waals surface area contributed by atoms with Crippen molar-refractivity contribution in [3.8, 4) is 0 Å². The van der Waals surface area contributed by atoms with Crippen LogP contribution in [0.4, 0.5) is 0 Å². The molecule has 1 unspecified atom stereocenters. The molecule has 2 rings (SSSR count). The normalized spacial score (nSPS) is 17.4. The second kappa shape index (κ2) is 5.52. The van der Waals surface area contributed by atoms with Crippen LogP contribution in [0.5, 0.6) is 0 Å². The molecule has 0 saturated carbocycles. The molecule has 0 radical (unpaired) electrons. The Morgan fingerprint density at radius 1 is 1.50 bits per heavy atom. The van der Waals surface area contributed by atoms with Gasteiger partial charge in [-0.25, -0.2) is 0 Å². The van der Waals surface area contributed by atoms with Gasteiger partial charge in [0.25, 0.3) is 0 Å². The number of amides is 1. The third-order valence-electron chi connectivity index (χ3n) is 3.63. The Labute approximate surface area is 108 Å². The zero-order chi connectivity index (χ0) is 13.1. The van der Waals surface area contributed by atoms with Crippen molar-refractivity contribution in [3.63, 3.8) is 0 Å². The zero-order valence-corrected chi connectivity index (χ0v) is 11.5. The van der Waals surface area contributed by atoms with E-state index in [0.29, 0.717) is 0 Å². The number of aromatic nitrogens is 2. The van der Waals surface area contributed by atoms with Crippen molar-refractivity contribution in [1.82, 2.24) is 19.6 Å². The number of rotatable bonds is 4. The summed E-state index contributed by atoms with van der Waals surface area (Å²) in [5.41, 5.74) is 1.14. The summed E-state index contributed by atoms with van der Waals surface area (Å²) in [4.78, 5) is 16.3. The summed E-state index contributed by atoms with van der Waals surface area (Å²) in [7, 11) is 3.90. The van der Waals surface area contributed by atoms with Crippen molar-refractivity contribution < 1.29 is 4.79 Å². The van der Waals surface area contributed by atoms with E-state index in [4.69, 9.17) is 0 Å². The maximum atomic E-state index is 12.2. The van der Waals surface area contributed by atoms with Gasteiger partial charge in [-0.05, 0) is 26.8 Å². The predicted octanol–water partition coefficient (Wildman–Crippen LogP) is 0.863. The minimum absolute atomic E-state index is 0.0664. The standard InChI is InChI=1S/C13H22N4O/c1-11(13(18)17-6-4-5-7-17)15(2)9-12-8-14-16(3)10-12/h8,10-11H,4-7,9H2,1-3H3. The molecule has 18 heavy (non-hydrogen) atoms. The van der Waals surface area contributed by atoms with E-state index >= 15 is 0 Å². The van der Waals surface area contributed by atoms with Gasteiger partial charge in [-0.15, -0.1) is 0 Å². The van der Waals surface area contributed by atoms with Gasteiger partial charge < -0.3 is 4.90 Å². The van der Waals surface area contributed by atoms with Crippen LogP contribution in [0.25, 0.3) is 0 Å². The third kappa shape index (κ3) is 2.90. The van der Waals surface area contributed by atoms with Gasteiger partial charge in [0.05, 0.1) is 12.2 Å². The van der Waals surface area contributed by atoms with E-state index in [2.05, 4.69) is 10.00 Å². The average molecular weight is 250 g/mol. The van der Waals surface area contributed by atoms with E-state index in [1.165, 1.54) is 0 Å². The number of nitrogens with zero attached hydrogens (tertiary/aromatic N) is 4. The van der Waals surface area contributed by atoms with Gasteiger partial charge in [-0.3, -0.25) is 14.4 Å². The number of hydrogen-bond acceptors (Lipinski definition) is 3. The molecule has 1 aromatic rings. The molecular weight excluding hydrogens is 228 g/mol. The van der Waals surface area contributed by atoms with Gasteiger partial charge in [-0.2, -0.15) is 5.10 Å². The number of hydrogen-bond donors (Lipinski definition) is 0. The molecule has 0 aromatic carbocycles. The maximum absolute atomic E-state index is 12.2. The molecule has 1 saturated heterocycles. The van der Waals surface area contributed by atoms with Gasteiger partial charge >= 0.3 is 0 Å². The third-order valence-corrected chi connectivity index (χ3v) is 3.63. The lowest BCUT2D eigenvalue weighted by atomic mass is 10.2. The van der Waals surface area contributed by atoms with Crippen LogP contribution >= 0.6 is 0 Å². The van der Waals surface area contributed by atoms with Crippen LogP contribution < -0.4 is 0 Å². The number of aryl methyl sites for hydroxylation is 1. The van der Waals surface area contributed by atoms with E-state index in [1.807, 2.05) is 38.3 Å². The minimum Gasteiger partial charge on any atom is -0.341 e. The number of carbonyl (C=O) groups is 1. The summed E-state index contributed by atoms with van der Waals surface area (Å²) in [6, 6.07) is -0.0664. The van der Waals surface area contributed by atoms with Crippen molar-refractivity contribution in [3.05, 3.63) is 18.0 Å². The molecular formula is C13H22N4O. The topological polar surface area (TPSA) is 41.4 Å². The lowest BCUT2D eigenvalue weighted by Crippen LogP contribution is -2.44. The van der Waals surface area contributed by atoms with Crippen LogP contribution in [0.1, 0.15) is 25.3 Å². The first-order valence-electron chi connectivity index (χ1n) is 6.54. The van der Waals surface area contributed by atoms with Crippen molar-refractivity contribution in [2.45, 2.75) is 32.4 Å². The fourth-order valence-corrected chi connectivity index (χ4v) is 2.37. The molecule has 5 nitrogen and oxygen atoms in total. The summed E-state index contributed by atoms with van der Waals surface area (Å²) >= 11 is 0. The fourth-order valence-electron chi connectivity index (χ4n) is 2.37. The maximum Gasteiger partial charge on any atom is 0.239 e. The molecule has 1 amide bonds. The Hall–Kier alpha value is -1.36. The van der Waals surface area contributed by atoms with E-state index in [0.717, 1.165) is 38.0 Å². The first-order chi connectivity index (χ1) is 8.58. The molecule has 0 spiro atoms. The monoisotopic (exact) mass is 250 g/mol. The van der Waals surface area contributed by atoms with Crippen molar-refractivity contribution in [1.29, 1.82) is 0 Å². The van der Waals surface area contributed by atoms with Gasteiger partial charge in [0, 0.05) is 38.4 Å². The van der Waals surface area contributed by atoms with Crippen molar-refractivity contribution >= 4 is 5.91 Å². The number of carbonyl (C=O) groups excluding carboxylic acids is 1. The highest BCUT2D eigenvalue weighted by Crippen LogP contribution is 2.12. The Kier molecular flexibility index (Phi) is 4.01. The molecule has 100 valence electrons.